The van der Waals surface area contributed by atoms with Gasteiger partial charge < -0.3 is 15.1 Å². The number of rotatable bonds is 3. The molecule has 6 heteroatoms. The summed E-state index contributed by atoms with van der Waals surface area (Å²) in [7, 11) is 0. The lowest BCUT2D eigenvalue weighted by Crippen LogP contribution is -2.43. The van der Waals surface area contributed by atoms with Crippen LogP contribution >= 0.6 is 0 Å². The molecule has 1 saturated carbocycles. The maximum Gasteiger partial charge on any atom is 0.313 e. The van der Waals surface area contributed by atoms with Crippen LogP contribution in [0.4, 0.5) is 11.4 Å². The molecular weight excluding hydrogens is 426 g/mol. The van der Waals surface area contributed by atoms with Crippen molar-refractivity contribution >= 4 is 29.1 Å². The average molecular weight is 460 g/mol. The van der Waals surface area contributed by atoms with Gasteiger partial charge in [0, 0.05) is 30.5 Å². The van der Waals surface area contributed by atoms with Crippen LogP contribution in [0.3, 0.4) is 0 Å². The van der Waals surface area contributed by atoms with E-state index in [-0.39, 0.29) is 22.8 Å². The minimum Gasteiger partial charge on any atom is -0.331 e. The number of anilines is 2. The molecule has 0 radical (unpaired) electrons. The molecule has 1 N–H and O–H groups in total. The maximum atomic E-state index is 13.0. The van der Waals surface area contributed by atoms with Gasteiger partial charge in [-0.05, 0) is 65.8 Å². The van der Waals surface area contributed by atoms with Crippen molar-refractivity contribution in [3.05, 3.63) is 59.7 Å². The van der Waals surface area contributed by atoms with Crippen LogP contribution in [0.2, 0.25) is 0 Å². The molecule has 2 aromatic carbocycles. The minimum absolute atomic E-state index is 0.0634. The van der Waals surface area contributed by atoms with Crippen molar-refractivity contribution in [2.45, 2.75) is 58.9 Å². The fourth-order valence-electron chi connectivity index (χ4n) is 6.59. The number of carbonyl (C=O) groups excluding carboxylic acids is 3. The quantitative estimate of drug-likeness (QED) is 0.700. The molecule has 1 aliphatic carbocycles. The lowest BCUT2D eigenvalue weighted by Gasteiger charge is -2.39. The molecule has 3 aliphatic rings. The summed E-state index contributed by atoms with van der Waals surface area (Å²) in [4.78, 5) is 42.2. The van der Waals surface area contributed by atoms with Crippen LogP contribution in [-0.4, -0.2) is 41.8 Å². The summed E-state index contributed by atoms with van der Waals surface area (Å²) in [6, 6.07) is 15.4. The molecule has 2 heterocycles. The Labute approximate surface area is 201 Å². The average Bonchev–Trinajstić information content (AvgIpc) is 3.31. The number of nitrogens with zero attached hydrogens (tertiary/aromatic N) is 2. The van der Waals surface area contributed by atoms with E-state index in [1.807, 2.05) is 35.2 Å². The monoisotopic (exact) mass is 459 g/mol. The highest BCUT2D eigenvalue weighted by atomic mass is 16.2. The number of nitrogens with one attached hydrogen (secondary N) is 1. The predicted octanol–water partition coefficient (Wildman–Crippen LogP) is 4.18. The SMILES string of the molecule is CC1(C)CC2CC(C)(CN2C(=O)C(=O)Nc2ccc(CC(=O)N3CCc4ccccc43)cc2)C1. The number of carbonyl (C=O) groups is 3. The summed E-state index contributed by atoms with van der Waals surface area (Å²) in [5.41, 5.74) is 3.92. The van der Waals surface area contributed by atoms with E-state index >= 15 is 0 Å². The molecule has 3 amide bonds. The van der Waals surface area contributed by atoms with Gasteiger partial charge in [-0.25, -0.2) is 0 Å². The van der Waals surface area contributed by atoms with Crippen LogP contribution in [0.5, 0.6) is 0 Å². The van der Waals surface area contributed by atoms with E-state index in [2.05, 4.69) is 32.2 Å². The van der Waals surface area contributed by atoms with Crippen molar-refractivity contribution in [1.29, 1.82) is 0 Å². The Morgan fingerprint density at radius 1 is 1.00 bits per heavy atom. The molecule has 0 aromatic heterocycles. The van der Waals surface area contributed by atoms with E-state index in [1.54, 1.807) is 17.0 Å². The Hall–Kier alpha value is -3.15. The smallest absolute Gasteiger partial charge is 0.313 e. The van der Waals surface area contributed by atoms with Gasteiger partial charge in [0.25, 0.3) is 0 Å². The van der Waals surface area contributed by atoms with E-state index in [0.717, 1.165) is 36.9 Å². The first-order valence-electron chi connectivity index (χ1n) is 12.2. The van der Waals surface area contributed by atoms with Crippen LogP contribution in [0.1, 0.15) is 51.2 Å². The highest BCUT2D eigenvalue weighted by molar-refractivity contribution is 6.39. The highest BCUT2D eigenvalue weighted by Gasteiger charge is 2.51. The molecule has 34 heavy (non-hydrogen) atoms. The van der Waals surface area contributed by atoms with Crippen LogP contribution in [-0.2, 0) is 27.2 Å². The van der Waals surface area contributed by atoms with Gasteiger partial charge in [-0.3, -0.25) is 14.4 Å². The van der Waals surface area contributed by atoms with Crippen LogP contribution < -0.4 is 10.2 Å². The van der Waals surface area contributed by atoms with Crippen molar-refractivity contribution in [2.75, 3.05) is 23.3 Å². The number of benzene rings is 2. The third-order valence-electron chi connectivity index (χ3n) is 7.63. The largest absolute Gasteiger partial charge is 0.331 e. The summed E-state index contributed by atoms with van der Waals surface area (Å²) in [6.45, 7) is 8.09. The molecule has 2 bridgehead atoms. The predicted molar refractivity (Wildman–Crippen MR) is 133 cm³/mol. The number of likely N-dealkylation sites (tertiary alicyclic amines) is 1. The third-order valence-corrected chi connectivity index (χ3v) is 7.63. The van der Waals surface area contributed by atoms with Crippen molar-refractivity contribution in [3.8, 4) is 0 Å². The number of amides is 3. The van der Waals surface area contributed by atoms with Crippen molar-refractivity contribution in [1.82, 2.24) is 4.90 Å². The van der Waals surface area contributed by atoms with Gasteiger partial charge >= 0.3 is 11.8 Å². The van der Waals surface area contributed by atoms with Crippen molar-refractivity contribution in [3.63, 3.8) is 0 Å². The fraction of sp³-hybridized carbons (Fsp3) is 0.464. The zero-order valence-electron chi connectivity index (χ0n) is 20.3. The van der Waals surface area contributed by atoms with E-state index in [0.29, 0.717) is 25.2 Å². The molecule has 178 valence electrons. The first kappa shape index (κ1) is 22.6. The molecule has 5 rings (SSSR count). The first-order valence-corrected chi connectivity index (χ1v) is 12.2. The Bertz CT molecular complexity index is 1140. The molecule has 6 nitrogen and oxygen atoms in total. The summed E-state index contributed by atoms with van der Waals surface area (Å²) in [5.74, 6) is -0.974. The van der Waals surface area contributed by atoms with E-state index in [4.69, 9.17) is 0 Å². The van der Waals surface area contributed by atoms with Crippen molar-refractivity contribution in [2.24, 2.45) is 10.8 Å². The molecular formula is C28H33N3O3. The van der Waals surface area contributed by atoms with Gasteiger partial charge in [0.05, 0.1) is 6.42 Å². The number of fused-ring (bicyclic) bond motifs is 3. The Balaban J connectivity index is 1.19. The van der Waals surface area contributed by atoms with Gasteiger partial charge in [-0.15, -0.1) is 0 Å². The van der Waals surface area contributed by atoms with E-state index in [9.17, 15) is 14.4 Å². The van der Waals surface area contributed by atoms with Gasteiger partial charge in [-0.2, -0.15) is 0 Å². The zero-order valence-corrected chi connectivity index (χ0v) is 20.3. The summed E-state index contributed by atoms with van der Waals surface area (Å²) in [6.07, 6.45) is 4.16. The van der Waals surface area contributed by atoms with Gasteiger partial charge in [-0.1, -0.05) is 51.1 Å². The summed E-state index contributed by atoms with van der Waals surface area (Å²) >= 11 is 0. The molecule has 2 fully saturated rings. The molecule has 1 saturated heterocycles. The second-order valence-electron chi connectivity index (χ2n) is 11.4. The topological polar surface area (TPSA) is 69.7 Å². The first-order chi connectivity index (χ1) is 16.1. The Morgan fingerprint density at radius 3 is 2.50 bits per heavy atom. The highest BCUT2D eigenvalue weighted by Crippen LogP contribution is 2.52. The lowest BCUT2D eigenvalue weighted by molar-refractivity contribution is -0.144. The standard InChI is InChI=1S/C28H33N3O3/c1-27(2)15-22-16-28(3,17-27)18-31(22)26(34)25(33)29-21-10-8-19(9-11-21)14-24(32)30-13-12-20-6-4-5-7-23(20)30/h4-11,22H,12-18H2,1-3H3,(H,29,33). The third kappa shape index (κ3) is 4.33. The lowest BCUT2D eigenvalue weighted by atomic mass is 9.65. The molecule has 0 spiro atoms. The van der Waals surface area contributed by atoms with E-state index in [1.165, 1.54) is 5.56 Å². The van der Waals surface area contributed by atoms with Crippen molar-refractivity contribution < 1.29 is 14.4 Å². The second kappa shape index (κ2) is 8.26. The number of hydrogen-bond donors (Lipinski definition) is 1. The van der Waals surface area contributed by atoms with Crippen LogP contribution in [0, 0.1) is 10.8 Å². The zero-order chi connectivity index (χ0) is 24.1. The molecule has 2 atom stereocenters. The van der Waals surface area contributed by atoms with Gasteiger partial charge in [0.15, 0.2) is 0 Å². The van der Waals surface area contributed by atoms with E-state index < -0.39 is 11.8 Å². The normalized spacial score (nSPS) is 24.6. The fourth-order valence-corrected chi connectivity index (χ4v) is 6.59. The summed E-state index contributed by atoms with van der Waals surface area (Å²) < 4.78 is 0. The Morgan fingerprint density at radius 2 is 1.74 bits per heavy atom. The maximum absolute atomic E-state index is 13.0. The molecule has 2 aromatic rings. The second-order valence-corrected chi connectivity index (χ2v) is 11.4. The van der Waals surface area contributed by atoms with Crippen LogP contribution in [0.25, 0.3) is 0 Å². The Kier molecular flexibility index (Phi) is 5.50. The van der Waals surface area contributed by atoms with Gasteiger partial charge in [0.2, 0.25) is 5.91 Å². The number of hydrogen-bond acceptors (Lipinski definition) is 3. The number of para-hydroxylation sites is 1. The summed E-state index contributed by atoms with van der Waals surface area (Å²) in [5, 5.41) is 2.75. The van der Waals surface area contributed by atoms with Crippen LogP contribution in [0.15, 0.2) is 48.5 Å². The minimum atomic E-state index is -0.591. The molecule has 2 aliphatic heterocycles. The molecule has 2 unspecified atom stereocenters. The van der Waals surface area contributed by atoms with Gasteiger partial charge in [0.1, 0.15) is 0 Å².